The van der Waals surface area contributed by atoms with Crippen LogP contribution in [0.1, 0.15) is 19.4 Å². The molecule has 1 aromatic rings. The third-order valence-electron chi connectivity index (χ3n) is 2.60. The van der Waals surface area contributed by atoms with Gasteiger partial charge in [-0.1, -0.05) is 25.4 Å². The van der Waals surface area contributed by atoms with E-state index in [0.717, 1.165) is 17.7 Å². The Bertz CT molecular complexity index is 381. The Labute approximate surface area is 100 Å². The first kappa shape index (κ1) is 11.7. The van der Waals surface area contributed by atoms with Gasteiger partial charge < -0.3 is 15.2 Å². The summed E-state index contributed by atoms with van der Waals surface area (Å²) in [5.41, 5.74) is 1.04. The van der Waals surface area contributed by atoms with E-state index < -0.39 is 6.29 Å². The topological polar surface area (TPSA) is 41.5 Å². The highest BCUT2D eigenvalue weighted by molar-refractivity contribution is 6.30. The Morgan fingerprint density at radius 3 is 2.94 bits per heavy atom. The molecule has 0 spiro atoms. The summed E-state index contributed by atoms with van der Waals surface area (Å²) in [4.78, 5) is 0. The minimum atomic E-state index is -0.795. The minimum absolute atomic E-state index is 0.0778. The molecule has 3 nitrogen and oxygen atoms in total. The number of rotatable bonds is 2. The van der Waals surface area contributed by atoms with Crippen LogP contribution in [0.15, 0.2) is 18.2 Å². The van der Waals surface area contributed by atoms with Crippen molar-refractivity contribution >= 4 is 11.6 Å². The van der Waals surface area contributed by atoms with Gasteiger partial charge in [0.15, 0.2) is 0 Å². The van der Waals surface area contributed by atoms with Crippen LogP contribution in [0.25, 0.3) is 0 Å². The Balaban J connectivity index is 2.19. The highest BCUT2D eigenvalue weighted by Crippen LogP contribution is 2.29. The molecule has 0 aromatic heterocycles. The van der Waals surface area contributed by atoms with Crippen molar-refractivity contribution in [2.24, 2.45) is 0 Å². The van der Waals surface area contributed by atoms with Crippen molar-refractivity contribution in [3.8, 4) is 5.75 Å². The molecular formula is C12H16ClNO2. The van der Waals surface area contributed by atoms with Crippen molar-refractivity contribution in [1.82, 2.24) is 5.32 Å². The van der Waals surface area contributed by atoms with E-state index in [-0.39, 0.29) is 6.04 Å². The highest BCUT2D eigenvalue weighted by atomic mass is 35.5. The molecule has 0 saturated carbocycles. The fourth-order valence-corrected chi connectivity index (χ4v) is 2.14. The molecule has 1 heterocycles. The fourth-order valence-electron chi connectivity index (χ4n) is 1.94. The number of nitrogens with one attached hydrogen (secondary N) is 1. The first-order chi connectivity index (χ1) is 7.56. The van der Waals surface area contributed by atoms with Crippen molar-refractivity contribution < 1.29 is 9.84 Å². The zero-order valence-electron chi connectivity index (χ0n) is 9.40. The number of benzene rings is 1. The summed E-state index contributed by atoms with van der Waals surface area (Å²) in [6, 6.07) is 5.68. The van der Waals surface area contributed by atoms with Gasteiger partial charge in [-0.15, -0.1) is 0 Å². The summed E-state index contributed by atoms with van der Waals surface area (Å²) < 4.78 is 5.43. The summed E-state index contributed by atoms with van der Waals surface area (Å²) in [5, 5.41) is 13.8. The standard InChI is InChI=1S/C12H16ClNO2/c1-7(2)14-10-6-8-5-9(13)3-4-11(8)16-12(10)15/h3-5,7,10,12,14-15H,6H2,1-2H3/t10-,12+/m0/s1. The molecule has 0 unspecified atom stereocenters. The molecule has 0 fully saturated rings. The van der Waals surface area contributed by atoms with Crippen LogP contribution in [0, 0.1) is 0 Å². The van der Waals surface area contributed by atoms with E-state index in [2.05, 4.69) is 5.32 Å². The molecule has 1 aliphatic heterocycles. The number of halogens is 1. The maximum Gasteiger partial charge on any atom is 0.213 e. The first-order valence-corrected chi connectivity index (χ1v) is 5.83. The summed E-state index contributed by atoms with van der Waals surface area (Å²) in [7, 11) is 0. The molecule has 1 aromatic carbocycles. The quantitative estimate of drug-likeness (QED) is 0.832. The van der Waals surface area contributed by atoms with E-state index in [9.17, 15) is 5.11 Å². The van der Waals surface area contributed by atoms with E-state index in [1.807, 2.05) is 19.9 Å². The van der Waals surface area contributed by atoms with Crippen molar-refractivity contribution in [3.63, 3.8) is 0 Å². The summed E-state index contributed by atoms with van der Waals surface area (Å²) in [5.74, 6) is 0.721. The molecule has 4 heteroatoms. The van der Waals surface area contributed by atoms with Crippen LogP contribution in [0.5, 0.6) is 5.75 Å². The molecular weight excluding hydrogens is 226 g/mol. The van der Waals surface area contributed by atoms with Crippen LogP contribution in [0.3, 0.4) is 0 Å². The molecule has 0 aliphatic carbocycles. The van der Waals surface area contributed by atoms with Gasteiger partial charge in [-0.05, 0) is 30.2 Å². The Morgan fingerprint density at radius 2 is 2.25 bits per heavy atom. The molecule has 88 valence electrons. The average molecular weight is 242 g/mol. The number of fused-ring (bicyclic) bond motifs is 1. The van der Waals surface area contributed by atoms with Crippen molar-refractivity contribution in [1.29, 1.82) is 0 Å². The van der Waals surface area contributed by atoms with Gasteiger partial charge in [0.2, 0.25) is 6.29 Å². The first-order valence-electron chi connectivity index (χ1n) is 5.45. The minimum Gasteiger partial charge on any atom is -0.463 e. The molecule has 2 rings (SSSR count). The molecule has 2 atom stereocenters. The van der Waals surface area contributed by atoms with Crippen LogP contribution in [0.2, 0.25) is 5.02 Å². The second-order valence-corrected chi connectivity index (χ2v) is 4.83. The molecule has 2 N–H and O–H groups in total. The van der Waals surface area contributed by atoms with Gasteiger partial charge in [-0.25, -0.2) is 0 Å². The predicted octanol–water partition coefficient (Wildman–Crippen LogP) is 1.96. The van der Waals surface area contributed by atoms with Crippen LogP contribution in [-0.4, -0.2) is 23.5 Å². The van der Waals surface area contributed by atoms with Gasteiger partial charge >= 0.3 is 0 Å². The Morgan fingerprint density at radius 1 is 1.50 bits per heavy atom. The maximum absolute atomic E-state index is 9.82. The van der Waals surface area contributed by atoms with Crippen molar-refractivity contribution in [3.05, 3.63) is 28.8 Å². The zero-order chi connectivity index (χ0) is 11.7. The fraction of sp³-hybridized carbons (Fsp3) is 0.500. The lowest BCUT2D eigenvalue weighted by Gasteiger charge is -2.32. The van der Waals surface area contributed by atoms with Gasteiger partial charge in [0, 0.05) is 11.1 Å². The Hall–Kier alpha value is -0.770. The van der Waals surface area contributed by atoms with E-state index in [1.165, 1.54) is 0 Å². The second kappa shape index (κ2) is 4.62. The van der Waals surface area contributed by atoms with E-state index in [4.69, 9.17) is 16.3 Å². The van der Waals surface area contributed by atoms with Gasteiger partial charge in [0.25, 0.3) is 0 Å². The van der Waals surface area contributed by atoms with Gasteiger partial charge in [0.1, 0.15) is 5.75 Å². The van der Waals surface area contributed by atoms with Crippen LogP contribution < -0.4 is 10.1 Å². The van der Waals surface area contributed by atoms with E-state index in [1.54, 1.807) is 12.1 Å². The number of hydrogen-bond donors (Lipinski definition) is 2. The monoisotopic (exact) mass is 241 g/mol. The number of ether oxygens (including phenoxy) is 1. The third kappa shape index (κ3) is 2.48. The number of hydrogen-bond acceptors (Lipinski definition) is 3. The van der Waals surface area contributed by atoms with Gasteiger partial charge in [-0.2, -0.15) is 0 Å². The average Bonchev–Trinajstić information content (AvgIpc) is 2.19. The van der Waals surface area contributed by atoms with E-state index >= 15 is 0 Å². The smallest absolute Gasteiger partial charge is 0.213 e. The maximum atomic E-state index is 9.82. The van der Waals surface area contributed by atoms with Gasteiger partial charge in [0.05, 0.1) is 6.04 Å². The third-order valence-corrected chi connectivity index (χ3v) is 2.84. The van der Waals surface area contributed by atoms with Gasteiger partial charge in [-0.3, -0.25) is 0 Å². The SMILES string of the molecule is CC(C)N[C@H]1Cc2cc(Cl)ccc2O[C@H]1O. The van der Waals surface area contributed by atoms with Crippen LogP contribution >= 0.6 is 11.6 Å². The second-order valence-electron chi connectivity index (χ2n) is 4.39. The lowest BCUT2D eigenvalue weighted by Crippen LogP contribution is -2.49. The summed E-state index contributed by atoms with van der Waals surface area (Å²) >= 11 is 5.93. The summed E-state index contributed by atoms with van der Waals surface area (Å²) in [6.45, 7) is 4.08. The lowest BCUT2D eigenvalue weighted by atomic mass is 10.0. The highest BCUT2D eigenvalue weighted by Gasteiger charge is 2.28. The Kier molecular flexibility index (Phi) is 3.38. The molecule has 0 saturated heterocycles. The molecule has 0 amide bonds. The summed E-state index contributed by atoms with van der Waals surface area (Å²) in [6.07, 6.45) is -0.0639. The largest absolute Gasteiger partial charge is 0.463 e. The van der Waals surface area contributed by atoms with Crippen LogP contribution in [0.4, 0.5) is 0 Å². The lowest BCUT2D eigenvalue weighted by molar-refractivity contribution is -0.0570. The van der Waals surface area contributed by atoms with E-state index in [0.29, 0.717) is 11.1 Å². The molecule has 0 bridgehead atoms. The molecule has 1 aliphatic rings. The number of aliphatic hydroxyl groups excluding tert-OH is 1. The van der Waals surface area contributed by atoms with Crippen molar-refractivity contribution in [2.75, 3.05) is 0 Å². The predicted molar refractivity (Wildman–Crippen MR) is 63.9 cm³/mol. The van der Waals surface area contributed by atoms with Crippen molar-refractivity contribution in [2.45, 2.75) is 38.6 Å². The molecule has 0 radical (unpaired) electrons. The molecule has 16 heavy (non-hydrogen) atoms. The zero-order valence-corrected chi connectivity index (χ0v) is 10.2. The number of aliphatic hydroxyl groups is 1. The van der Waals surface area contributed by atoms with Crippen LogP contribution in [-0.2, 0) is 6.42 Å². The normalized spacial score (nSPS) is 24.1.